The van der Waals surface area contributed by atoms with E-state index in [1.807, 2.05) is 31.2 Å². The number of phenols is 1. The molecule has 2 rings (SSSR count). The summed E-state index contributed by atoms with van der Waals surface area (Å²) in [4.78, 5) is 0. The van der Waals surface area contributed by atoms with Crippen LogP contribution in [-0.2, 0) is 0 Å². The average molecular weight is 243 g/mol. The topological polar surface area (TPSA) is 20.2 Å². The van der Waals surface area contributed by atoms with Crippen molar-refractivity contribution in [2.24, 2.45) is 0 Å². The Morgan fingerprint density at radius 2 is 1.53 bits per heavy atom. The molecule has 2 heteroatoms. The molecule has 0 unspecified atom stereocenters. The minimum atomic E-state index is 0.0764. The Hall–Kier alpha value is -1.91. The molecule has 2 aromatic rings. The molecule has 0 aliphatic heterocycles. The fourth-order valence-corrected chi connectivity index (χ4v) is 1.55. The molecule has 0 atom stereocenters. The summed E-state index contributed by atoms with van der Waals surface area (Å²) < 4.78 is 0. The zero-order chi connectivity index (χ0) is 12.3. The normalized spacial score (nSPS) is 9.53. The molecule has 17 heavy (non-hydrogen) atoms. The lowest BCUT2D eigenvalue weighted by molar-refractivity contribution is 0.475. The predicted octanol–water partition coefficient (Wildman–Crippen LogP) is 3.75. The molecule has 1 N–H and O–H groups in total. The smallest absolute Gasteiger partial charge is 0.134 e. The molecule has 84 valence electrons. The second kappa shape index (κ2) is 4.95. The monoisotopic (exact) mass is 242 g/mol. The summed E-state index contributed by atoms with van der Waals surface area (Å²) in [6.45, 7) is 2.04. The number of aryl methyl sites for hydroxylation is 1. The number of benzene rings is 2. The number of aromatic hydroxyl groups is 1. The molecule has 0 aromatic heterocycles. The van der Waals surface area contributed by atoms with Crippen molar-refractivity contribution in [2.45, 2.75) is 6.92 Å². The molecule has 0 saturated heterocycles. The molecule has 0 saturated carbocycles. The molecule has 0 aliphatic rings. The first-order valence-electron chi connectivity index (χ1n) is 5.22. The van der Waals surface area contributed by atoms with Gasteiger partial charge in [-0.1, -0.05) is 41.1 Å². The van der Waals surface area contributed by atoms with E-state index in [0.717, 1.165) is 11.1 Å². The van der Waals surface area contributed by atoms with Crippen molar-refractivity contribution >= 4 is 11.6 Å². The number of halogens is 1. The lowest BCUT2D eigenvalue weighted by Gasteiger charge is -1.96. The van der Waals surface area contributed by atoms with Gasteiger partial charge in [-0.15, -0.1) is 0 Å². The second-order valence-electron chi connectivity index (χ2n) is 3.78. The third-order valence-corrected chi connectivity index (χ3v) is 2.65. The first-order chi connectivity index (χ1) is 8.15. The molecule has 2 aromatic carbocycles. The Bertz CT molecular complexity index is 589. The predicted molar refractivity (Wildman–Crippen MR) is 70.3 cm³/mol. The quantitative estimate of drug-likeness (QED) is 0.698. The van der Waals surface area contributed by atoms with Crippen LogP contribution in [0.15, 0.2) is 42.5 Å². The fourth-order valence-electron chi connectivity index (χ4n) is 1.37. The van der Waals surface area contributed by atoms with Crippen molar-refractivity contribution < 1.29 is 5.11 Å². The highest BCUT2D eigenvalue weighted by Gasteiger charge is 1.97. The van der Waals surface area contributed by atoms with E-state index >= 15 is 0 Å². The van der Waals surface area contributed by atoms with Crippen molar-refractivity contribution in [1.29, 1.82) is 0 Å². The third-order valence-electron chi connectivity index (χ3n) is 2.35. The lowest BCUT2D eigenvalue weighted by Crippen LogP contribution is -1.77. The highest BCUT2D eigenvalue weighted by atomic mass is 35.5. The molecule has 1 nitrogen and oxygen atoms in total. The maximum atomic E-state index is 9.28. The minimum Gasteiger partial charge on any atom is -0.506 e. The van der Waals surface area contributed by atoms with E-state index in [9.17, 15) is 5.11 Å². The molecule has 0 radical (unpaired) electrons. The summed E-state index contributed by atoms with van der Waals surface area (Å²) in [7, 11) is 0. The number of hydrogen-bond donors (Lipinski definition) is 1. The first kappa shape index (κ1) is 11.6. The molecular formula is C15H11ClO. The van der Waals surface area contributed by atoms with Crippen LogP contribution < -0.4 is 0 Å². The summed E-state index contributed by atoms with van der Waals surface area (Å²) in [6.07, 6.45) is 0. The zero-order valence-electron chi connectivity index (χ0n) is 9.37. The van der Waals surface area contributed by atoms with E-state index in [-0.39, 0.29) is 5.75 Å². The molecule has 0 heterocycles. The second-order valence-corrected chi connectivity index (χ2v) is 4.19. The molecular weight excluding hydrogens is 232 g/mol. The van der Waals surface area contributed by atoms with E-state index in [1.54, 1.807) is 18.2 Å². The van der Waals surface area contributed by atoms with Crippen molar-refractivity contribution in [3.05, 3.63) is 64.2 Å². The number of phenolic OH excluding ortho intramolecular Hbond substituents is 1. The van der Waals surface area contributed by atoms with Crippen molar-refractivity contribution in [2.75, 3.05) is 0 Å². The summed E-state index contributed by atoms with van der Waals surface area (Å²) in [6, 6.07) is 12.9. The van der Waals surface area contributed by atoms with Gasteiger partial charge >= 0.3 is 0 Å². The van der Waals surface area contributed by atoms with Crippen molar-refractivity contribution in [1.82, 2.24) is 0 Å². The average Bonchev–Trinajstić information content (AvgIpc) is 2.33. The molecule has 0 bridgehead atoms. The summed E-state index contributed by atoms with van der Waals surface area (Å²) in [5, 5.41) is 9.60. The van der Waals surface area contributed by atoms with Crippen LogP contribution >= 0.6 is 11.6 Å². The summed E-state index contributed by atoms with van der Waals surface area (Å²) >= 11 is 5.80. The number of rotatable bonds is 0. The Labute approximate surface area is 106 Å². The van der Waals surface area contributed by atoms with E-state index < -0.39 is 0 Å². The van der Waals surface area contributed by atoms with Gasteiger partial charge in [0, 0.05) is 11.1 Å². The zero-order valence-corrected chi connectivity index (χ0v) is 10.1. The van der Waals surface area contributed by atoms with Gasteiger partial charge < -0.3 is 5.11 Å². The van der Waals surface area contributed by atoms with Crippen LogP contribution in [0.3, 0.4) is 0 Å². The van der Waals surface area contributed by atoms with Crippen molar-refractivity contribution in [3.63, 3.8) is 0 Å². The van der Waals surface area contributed by atoms with E-state index in [0.29, 0.717) is 5.02 Å². The van der Waals surface area contributed by atoms with E-state index in [4.69, 9.17) is 11.6 Å². The van der Waals surface area contributed by atoms with Gasteiger partial charge in [0.05, 0.1) is 5.02 Å². The summed E-state index contributed by atoms with van der Waals surface area (Å²) in [5.74, 6) is 6.12. The van der Waals surface area contributed by atoms with Crippen LogP contribution in [0.1, 0.15) is 16.7 Å². The largest absolute Gasteiger partial charge is 0.506 e. The van der Waals surface area contributed by atoms with Gasteiger partial charge in [-0.25, -0.2) is 0 Å². The van der Waals surface area contributed by atoms with Crippen LogP contribution in [-0.4, -0.2) is 5.11 Å². The van der Waals surface area contributed by atoms with Gasteiger partial charge in [0.15, 0.2) is 0 Å². The molecule has 0 fully saturated rings. The van der Waals surface area contributed by atoms with E-state index in [2.05, 4.69) is 11.8 Å². The van der Waals surface area contributed by atoms with Crippen LogP contribution in [0, 0.1) is 18.8 Å². The minimum absolute atomic E-state index is 0.0764. The standard InChI is InChI=1S/C15H11ClO/c1-11-2-4-12(5-3-11)6-7-13-8-9-15(17)14(16)10-13/h2-5,8-10,17H,1H3. The molecule has 0 spiro atoms. The Morgan fingerprint density at radius 1 is 0.941 bits per heavy atom. The van der Waals surface area contributed by atoms with Crippen LogP contribution in [0.25, 0.3) is 0 Å². The maximum Gasteiger partial charge on any atom is 0.134 e. The van der Waals surface area contributed by atoms with Crippen molar-refractivity contribution in [3.8, 4) is 17.6 Å². The Morgan fingerprint density at radius 3 is 2.18 bits per heavy atom. The van der Waals surface area contributed by atoms with Gasteiger partial charge in [0.1, 0.15) is 5.75 Å². The number of hydrogen-bond acceptors (Lipinski definition) is 1. The van der Waals surface area contributed by atoms with Gasteiger partial charge in [-0.2, -0.15) is 0 Å². The van der Waals surface area contributed by atoms with Gasteiger partial charge in [0.2, 0.25) is 0 Å². The highest BCUT2D eigenvalue weighted by Crippen LogP contribution is 2.23. The van der Waals surface area contributed by atoms with Gasteiger partial charge in [0.25, 0.3) is 0 Å². The molecule has 0 amide bonds. The lowest BCUT2D eigenvalue weighted by atomic mass is 10.1. The highest BCUT2D eigenvalue weighted by molar-refractivity contribution is 6.32. The first-order valence-corrected chi connectivity index (χ1v) is 5.60. The van der Waals surface area contributed by atoms with Crippen LogP contribution in [0.2, 0.25) is 5.02 Å². The van der Waals surface area contributed by atoms with E-state index in [1.165, 1.54) is 5.56 Å². The Balaban J connectivity index is 2.26. The maximum absolute atomic E-state index is 9.28. The fraction of sp³-hybridized carbons (Fsp3) is 0.0667. The summed E-state index contributed by atoms with van der Waals surface area (Å²) in [5.41, 5.74) is 2.96. The molecule has 0 aliphatic carbocycles. The van der Waals surface area contributed by atoms with Gasteiger partial charge in [-0.3, -0.25) is 0 Å². The van der Waals surface area contributed by atoms with Gasteiger partial charge in [-0.05, 0) is 37.3 Å². The Kier molecular flexibility index (Phi) is 3.37. The van der Waals surface area contributed by atoms with Crippen LogP contribution in [0.5, 0.6) is 5.75 Å². The van der Waals surface area contributed by atoms with Crippen LogP contribution in [0.4, 0.5) is 0 Å². The third kappa shape index (κ3) is 3.03. The SMILES string of the molecule is Cc1ccc(C#Cc2ccc(O)c(Cl)c2)cc1.